The highest BCUT2D eigenvalue weighted by Crippen LogP contribution is 2.14. The van der Waals surface area contributed by atoms with Gasteiger partial charge in [-0.15, -0.1) is 0 Å². The number of Topliss-reactive ketones (excluding diaryl/α,β-unsaturated/α-hetero) is 1. The number of hydrogen-bond donors (Lipinski definition) is 0. The van der Waals surface area contributed by atoms with Gasteiger partial charge in [0.05, 0.1) is 17.1 Å². The molecule has 0 bridgehead atoms. The summed E-state index contributed by atoms with van der Waals surface area (Å²) in [4.78, 5) is 34.4. The number of esters is 1. The molecule has 0 atom stereocenters. The Morgan fingerprint density at radius 2 is 2.00 bits per heavy atom. The molecule has 0 aliphatic rings. The molecule has 1 heterocycles. The molecular weight excluding hydrogens is 278 g/mol. The van der Waals surface area contributed by atoms with Gasteiger partial charge in [-0.05, 0) is 22.0 Å². The van der Waals surface area contributed by atoms with Gasteiger partial charge in [-0.2, -0.15) is 0 Å². The predicted molar refractivity (Wildman–Crippen MR) is 60.7 cm³/mol. The van der Waals surface area contributed by atoms with E-state index in [4.69, 9.17) is 0 Å². The molecule has 0 spiro atoms. The van der Waals surface area contributed by atoms with E-state index >= 15 is 0 Å². The van der Waals surface area contributed by atoms with Crippen LogP contribution in [-0.4, -0.2) is 23.4 Å². The second kappa shape index (κ2) is 4.61. The van der Waals surface area contributed by atoms with Crippen LogP contribution in [0.2, 0.25) is 0 Å². The van der Waals surface area contributed by atoms with Crippen molar-refractivity contribution in [1.82, 2.24) is 4.57 Å². The average Bonchev–Trinajstić information content (AvgIpc) is 2.23. The zero-order chi connectivity index (χ0) is 12.5. The summed E-state index contributed by atoms with van der Waals surface area (Å²) in [6.45, 7) is 1.29. The SMILES string of the molecule is COC(=O)c1cc(Br)c(=O)n(C)c1C(C)=O. The Morgan fingerprint density at radius 1 is 1.44 bits per heavy atom. The van der Waals surface area contributed by atoms with Crippen LogP contribution in [0.1, 0.15) is 27.8 Å². The predicted octanol–water partition coefficient (Wildman–Crippen LogP) is 1.14. The van der Waals surface area contributed by atoms with E-state index in [9.17, 15) is 14.4 Å². The summed E-state index contributed by atoms with van der Waals surface area (Å²) in [7, 11) is 2.64. The molecule has 0 aliphatic carbocycles. The second-order valence-corrected chi connectivity index (χ2v) is 4.02. The van der Waals surface area contributed by atoms with Crippen molar-refractivity contribution in [2.75, 3.05) is 7.11 Å². The Hall–Kier alpha value is -1.43. The van der Waals surface area contributed by atoms with Gasteiger partial charge in [-0.25, -0.2) is 4.79 Å². The van der Waals surface area contributed by atoms with E-state index in [0.29, 0.717) is 0 Å². The van der Waals surface area contributed by atoms with Gasteiger partial charge in [0.25, 0.3) is 5.56 Å². The Kier molecular flexibility index (Phi) is 3.64. The van der Waals surface area contributed by atoms with Crippen molar-refractivity contribution in [3.8, 4) is 0 Å². The fourth-order valence-corrected chi connectivity index (χ4v) is 1.89. The molecule has 0 amide bonds. The van der Waals surface area contributed by atoms with E-state index in [1.54, 1.807) is 0 Å². The molecule has 0 N–H and O–H groups in total. The number of pyridine rings is 1. The lowest BCUT2D eigenvalue weighted by Gasteiger charge is -2.10. The van der Waals surface area contributed by atoms with Gasteiger partial charge in [-0.1, -0.05) is 0 Å². The van der Waals surface area contributed by atoms with Crippen LogP contribution in [0.4, 0.5) is 0 Å². The largest absolute Gasteiger partial charge is 0.465 e. The van der Waals surface area contributed by atoms with Crippen molar-refractivity contribution in [1.29, 1.82) is 0 Å². The molecular formula is C10H10BrNO4. The second-order valence-electron chi connectivity index (χ2n) is 3.17. The van der Waals surface area contributed by atoms with E-state index in [1.165, 1.54) is 27.1 Å². The molecule has 0 fully saturated rings. The number of ketones is 1. The minimum absolute atomic E-state index is 0.0417. The fourth-order valence-electron chi connectivity index (χ4n) is 1.39. The molecule has 0 saturated heterocycles. The summed E-state index contributed by atoms with van der Waals surface area (Å²) < 4.78 is 5.88. The molecule has 0 unspecified atom stereocenters. The Morgan fingerprint density at radius 3 is 2.44 bits per heavy atom. The van der Waals surface area contributed by atoms with Crippen LogP contribution in [0.3, 0.4) is 0 Å². The monoisotopic (exact) mass is 287 g/mol. The first-order valence-corrected chi connectivity index (χ1v) is 5.18. The van der Waals surface area contributed by atoms with Gasteiger partial charge >= 0.3 is 5.97 Å². The molecule has 5 nitrogen and oxygen atoms in total. The number of carbonyl (C=O) groups excluding carboxylic acids is 2. The van der Waals surface area contributed by atoms with E-state index < -0.39 is 5.97 Å². The molecule has 0 saturated carbocycles. The molecule has 86 valence electrons. The summed E-state index contributed by atoms with van der Waals surface area (Å²) in [6, 6.07) is 1.30. The highest BCUT2D eigenvalue weighted by Gasteiger charge is 2.20. The van der Waals surface area contributed by atoms with Gasteiger partial charge in [0.1, 0.15) is 5.69 Å². The van der Waals surface area contributed by atoms with Gasteiger partial charge in [0.15, 0.2) is 5.78 Å². The standard InChI is InChI=1S/C10H10BrNO4/c1-5(13)8-6(10(15)16-3)4-7(11)9(14)12(8)2/h4H,1-3H3. The first-order chi connectivity index (χ1) is 7.40. The number of ether oxygens (including phenoxy) is 1. The zero-order valence-electron chi connectivity index (χ0n) is 9.04. The van der Waals surface area contributed by atoms with Crippen molar-refractivity contribution in [3.63, 3.8) is 0 Å². The molecule has 0 radical (unpaired) electrons. The van der Waals surface area contributed by atoms with E-state index in [2.05, 4.69) is 20.7 Å². The molecule has 1 rings (SSSR count). The summed E-state index contributed by atoms with van der Waals surface area (Å²) in [6.07, 6.45) is 0. The van der Waals surface area contributed by atoms with Crippen LogP contribution in [0.15, 0.2) is 15.3 Å². The first-order valence-electron chi connectivity index (χ1n) is 4.39. The van der Waals surface area contributed by atoms with Crippen molar-refractivity contribution in [2.24, 2.45) is 7.05 Å². The fraction of sp³-hybridized carbons (Fsp3) is 0.300. The van der Waals surface area contributed by atoms with Crippen LogP contribution >= 0.6 is 15.9 Å². The van der Waals surface area contributed by atoms with E-state index in [1.807, 2.05) is 0 Å². The number of rotatable bonds is 2. The molecule has 16 heavy (non-hydrogen) atoms. The Balaban J connectivity index is 3.66. The Bertz CT molecular complexity index is 518. The molecule has 1 aromatic heterocycles. The first kappa shape index (κ1) is 12.6. The van der Waals surface area contributed by atoms with Gasteiger partial charge in [-0.3, -0.25) is 9.59 Å². The number of halogens is 1. The highest BCUT2D eigenvalue weighted by atomic mass is 79.9. The van der Waals surface area contributed by atoms with Crippen LogP contribution < -0.4 is 5.56 Å². The average molecular weight is 288 g/mol. The summed E-state index contributed by atoms with van der Waals surface area (Å²) in [5.41, 5.74) is -0.262. The Labute approximate surface area is 100 Å². The van der Waals surface area contributed by atoms with Crippen LogP contribution in [0, 0.1) is 0 Å². The van der Waals surface area contributed by atoms with Crippen LogP contribution in [0.25, 0.3) is 0 Å². The summed E-state index contributed by atoms with van der Waals surface area (Å²) in [5.74, 6) is -1.02. The number of methoxy groups -OCH3 is 1. The third-order valence-electron chi connectivity index (χ3n) is 2.11. The smallest absolute Gasteiger partial charge is 0.340 e. The zero-order valence-corrected chi connectivity index (χ0v) is 10.6. The number of hydrogen-bond acceptors (Lipinski definition) is 4. The maximum atomic E-state index is 11.6. The lowest BCUT2D eigenvalue weighted by molar-refractivity contribution is 0.0595. The lowest BCUT2D eigenvalue weighted by atomic mass is 10.1. The molecule has 0 aliphatic heterocycles. The van der Waals surface area contributed by atoms with Crippen molar-refractivity contribution in [3.05, 3.63) is 32.2 Å². The van der Waals surface area contributed by atoms with E-state index in [-0.39, 0.29) is 27.1 Å². The van der Waals surface area contributed by atoms with Crippen LogP contribution in [-0.2, 0) is 11.8 Å². The quantitative estimate of drug-likeness (QED) is 0.604. The molecule has 0 aromatic carbocycles. The van der Waals surface area contributed by atoms with Crippen molar-refractivity contribution in [2.45, 2.75) is 6.92 Å². The maximum Gasteiger partial charge on any atom is 0.340 e. The molecule has 6 heteroatoms. The number of aromatic nitrogens is 1. The van der Waals surface area contributed by atoms with Gasteiger partial charge in [0.2, 0.25) is 0 Å². The summed E-state index contributed by atoms with van der Waals surface area (Å²) >= 11 is 3.03. The molecule has 1 aromatic rings. The minimum Gasteiger partial charge on any atom is -0.465 e. The number of nitrogens with zero attached hydrogens (tertiary/aromatic N) is 1. The summed E-state index contributed by atoms with van der Waals surface area (Å²) in [5, 5.41) is 0. The normalized spacial score (nSPS) is 10.0. The van der Waals surface area contributed by atoms with Crippen molar-refractivity contribution >= 4 is 27.7 Å². The lowest BCUT2D eigenvalue weighted by Crippen LogP contribution is -2.26. The number of carbonyl (C=O) groups is 2. The van der Waals surface area contributed by atoms with Crippen molar-refractivity contribution < 1.29 is 14.3 Å². The van der Waals surface area contributed by atoms with Crippen LogP contribution in [0.5, 0.6) is 0 Å². The minimum atomic E-state index is -0.651. The third-order valence-corrected chi connectivity index (χ3v) is 2.68. The van der Waals surface area contributed by atoms with Gasteiger partial charge in [0, 0.05) is 14.0 Å². The maximum absolute atomic E-state index is 11.6. The highest BCUT2D eigenvalue weighted by molar-refractivity contribution is 9.10. The van der Waals surface area contributed by atoms with Gasteiger partial charge < -0.3 is 9.30 Å². The van der Waals surface area contributed by atoms with E-state index in [0.717, 1.165) is 4.57 Å². The third kappa shape index (κ3) is 2.06. The topological polar surface area (TPSA) is 65.4 Å².